The molecule has 0 aliphatic carbocycles. The molecule has 0 bridgehead atoms. The van der Waals surface area contributed by atoms with Crippen molar-refractivity contribution in [3.63, 3.8) is 0 Å². The molecule has 1 amide bonds. The molecule has 1 aliphatic rings. The van der Waals surface area contributed by atoms with Crippen LogP contribution in [0.5, 0.6) is 0 Å². The second-order valence-electron chi connectivity index (χ2n) is 4.47. The van der Waals surface area contributed by atoms with Gasteiger partial charge in [-0.15, -0.1) is 0 Å². The molecule has 5 heteroatoms. The molecule has 0 atom stereocenters. The predicted molar refractivity (Wildman–Crippen MR) is 88.3 cm³/mol. The lowest BCUT2D eigenvalue weighted by molar-refractivity contribution is -0.115. The molecule has 0 unspecified atom stereocenters. The van der Waals surface area contributed by atoms with Crippen molar-refractivity contribution in [1.29, 1.82) is 0 Å². The van der Waals surface area contributed by atoms with Crippen molar-refractivity contribution in [2.75, 3.05) is 0 Å². The highest BCUT2D eigenvalue weighted by atomic mass is 79.9. The second-order valence-corrected chi connectivity index (χ2v) is 5.80. The third kappa shape index (κ3) is 3.06. The molecule has 2 aromatic rings. The van der Waals surface area contributed by atoms with Crippen molar-refractivity contribution in [2.45, 2.75) is 0 Å². The lowest BCUT2D eigenvalue weighted by atomic mass is 10.2. The summed E-state index contributed by atoms with van der Waals surface area (Å²) < 4.78 is 0.975. The van der Waals surface area contributed by atoms with Gasteiger partial charge in [0.25, 0.3) is 5.91 Å². The summed E-state index contributed by atoms with van der Waals surface area (Å²) in [6.07, 6.45) is 1.68. The largest absolute Gasteiger partial charge is 0.305 e. The van der Waals surface area contributed by atoms with Crippen LogP contribution in [0.15, 0.2) is 63.7 Å². The van der Waals surface area contributed by atoms with E-state index in [0.29, 0.717) is 16.6 Å². The molecule has 3 nitrogen and oxygen atoms in total. The maximum absolute atomic E-state index is 12.0. The highest BCUT2D eigenvalue weighted by Gasteiger charge is 2.21. The summed E-state index contributed by atoms with van der Waals surface area (Å²) in [6, 6.07) is 14.9. The van der Waals surface area contributed by atoms with Crippen LogP contribution in [0.2, 0.25) is 5.02 Å². The van der Waals surface area contributed by atoms with E-state index in [-0.39, 0.29) is 5.91 Å². The van der Waals surface area contributed by atoms with Gasteiger partial charge < -0.3 is 5.32 Å². The molecule has 104 valence electrons. The van der Waals surface area contributed by atoms with Gasteiger partial charge >= 0.3 is 0 Å². The monoisotopic (exact) mass is 360 g/mol. The SMILES string of the molecule is O=C1NC(c2ccc(Br)cc2)=NC1=Cc1ccccc1Cl. The molecule has 0 fully saturated rings. The van der Waals surface area contributed by atoms with Gasteiger partial charge in [-0.25, -0.2) is 4.99 Å². The average molecular weight is 362 g/mol. The first kappa shape index (κ1) is 14.0. The van der Waals surface area contributed by atoms with E-state index in [1.165, 1.54) is 0 Å². The van der Waals surface area contributed by atoms with E-state index in [2.05, 4.69) is 26.2 Å². The molecule has 0 saturated carbocycles. The van der Waals surface area contributed by atoms with E-state index in [1.54, 1.807) is 12.1 Å². The number of amides is 1. The van der Waals surface area contributed by atoms with Crippen molar-refractivity contribution >= 4 is 45.3 Å². The van der Waals surface area contributed by atoms with E-state index in [4.69, 9.17) is 11.6 Å². The molecule has 1 aliphatic heterocycles. The fraction of sp³-hybridized carbons (Fsp3) is 0. The van der Waals surface area contributed by atoms with Crippen molar-refractivity contribution in [1.82, 2.24) is 5.32 Å². The number of carbonyl (C=O) groups is 1. The number of carbonyl (C=O) groups excluding carboxylic acids is 1. The quantitative estimate of drug-likeness (QED) is 0.807. The van der Waals surface area contributed by atoms with E-state index < -0.39 is 0 Å². The van der Waals surface area contributed by atoms with Gasteiger partial charge in [0.15, 0.2) is 0 Å². The maximum atomic E-state index is 12.0. The lowest BCUT2D eigenvalue weighted by Gasteiger charge is -1.99. The number of halogens is 2. The minimum Gasteiger partial charge on any atom is -0.305 e. The fourth-order valence-electron chi connectivity index (χ4n) is 1.95. The molecule has 0 spiro atoms. The molecule has 3 rings (SSSR count). The van der Waals surface area contributed by atoms with Gasteiger partial charge in [-0.2, -0.15) is 0 Å². The Morgan fingerprint density at radius 2 is 1.81 bits per heavy atom. The smallest absolute Gasteiger partial charge is 0.275 e. The van der Waals surface area contributed by atoms with Crippen LogP contribution in [-0.4, -0.2) is 11.7 Å². The van der Waals surface area contributed by atoms with Gasteiger partial charge in [0.05, 0.1) is 0 Å². The summed E-state index contributed by atoms with van der Waals surface area (Å²) in [6.45, 7) is 0. The molecule has 0 aromatic heterocycles. The number of nitrogens with zero attached hydrogens (tertiary/aromatic N) is 1. The van der Waals surface area contributed by atoms with Crippen LogP contribution in [0.3, 0.4) is 0 Å². The van der Waals surface area contributed by atoms with Crippen LogP contribution >= 0.6 is 27.5 Å². The average Bonchev–Trinajstić information content (AvgIpc) is 2.83. The molecular formula is C16H10BrClN2O. The van der Waals surface area contributed by atoms with Crippen LogP contribution in [0.4, 0.5) is 0 Å². The van der Waals surface area contributed by atoms with E-state index >= 15 is 0 Å². The van der Waals surface area contributed by atoms with E-state index in [0.717, 1.165) is 15.6 Å². The first-order valence-electron chi connectivity index (χ1n) is 6.26. The van der Waals surface area contributed by atoms with Gasteiger partial charge in [-0.3, -0.25) is 4.79 Å². The van der Waals surface area contributed by atoms with Crippen LogP contribution in [0.25, 0.3) is 6.08 Å². The van der Waals surface area contributed by atoms with Gasteiger partial charge in [-0.05, 0) is 29.8 Å². The highest BCUT2D eigenvalue weighted by Crippen LogP contribution is 2.21. The molecule has 0 radical (unpaired) electrons. The van der Waals surface area contributed by atoms with Crippen LogP contribution in [0.1, 0.15) is 11.1 Å². The van der Waals surface area contributed by atoms with Crippen molar-refractivity contribution in [3.05, 3.63) is 74.9 Å². The summed E-state index contributed by atoms with van der Waals surface area (Å²) in [5.74, 6) is 0.318. The van der Waals surface area contributed by atoms with Crippen LogP contribution < -0.4 is 5.32 Å². The molecule has 0 saturated heterocycles. The number of rotatable bonds is 2. The molecule has 1 N–H and O–H groups in total. The van der Waals surface area contributed by atoms with Crippen molar-refractivity contribution < 1.29 is 4.79 Å². The summed E-state index contributed by atoms with van der Waals surface area (Å²) in [5, 5.41) is 3.35. The van der Waals surface area contributed by atoms with Gasteiger partial charge in [0.2, 0.25) is 0 Å². The fourth-order valence-corrected chi connectivity index (χ4v) is 2.41. The van der Waals surface area contributed by atoms with Crippen LogP contribution in [0, 0.1) is 0 Å². The van der Waals surface area contributed by atoms with Crippen molar-refractivity contribution in [3.8, 4) is 0 Å². The number of hydrogen-bond donors (Lipinski definition) is 1. The Hall–Kier alpha value is -1.91. The minimum atomic E-state index is -0.229. The maximum Gasteiger partial charge on any atom is 0.275 e. The van der Waals surface area contributed by atoms with E-state index in [1.807, 2.05) is 42.5 Å². The zero-order valence-corrected chi connectivity index (χ0v) is 13.1. The Bertz CT molecular complexity index is 766. The topological polar surface area (TPSA) is 41.5 Å². The summed E-state index contributed by atoms with van der Waals surface area (Å²) in [7, 11) is 0. The Morgan fingerprint density at radius 3 is 2.52 bits per heavy atom. The predicted octanol–water partition coefficient (Wildman–Crippen LogP) is 4.02. The summed E-state index contributed by atoms with van der Waals surface area (Å²) in [4.78, 5) is 16.3. The Morgan fingerprint density at radius 1 is 1.10 bits per heavy atom. The summed E-state index contributed by atoms with van der Waals surface area (Å²) >= 11 is 9.47. The van der Waals surface area contributed by atoms with Gasteiger partial charge in [0.1, 0.15) is 11.5 Å². The first-order chi connectivity index (χ1) is 10.1. The summed E-state index contributed by atoms with van der Waals surface area (Å²) in [5.41, 5.74) is 1.97. The van der Waals surface area contributed by atoms with Gasteiger partial charge in [-0.1, -0.05) is 57.9 Å². The molecule has 2 aromatic carbocycles. The standard InChI is InChI=1S/C16H10BrClN2O/c17-12-7-5-10(6-8-12)15-19-14(16(21)20-15)9-11-3-1-2-4-13(11)18/h1-9H,(H,19,20,21). The number of amidine groups is 1. The van der Waals surface area contributed by atoms with Gasteiger partial charge in [0, 0.05) is 15.1 Å². The zero-order valence-electron chi connectivity index (χ0n) is 10.8. The molecule has 21 heavy (non-hydrogen) atoms. The second kappa shape index (κ2) is 5.84. The minimum absolute atomic E-state index is 0.229. The van der Waals surface area contributed by atoms with Crippen molar-refractivity contribution in [2.24, 2.45) is 4.99 Å². The van der Waals surface area contributed by atoms with Crippen LogP contribution in [-0.2, 0) is 4.79 Å². The van der Waals surface area contributed by atoms with E-state index in [9.17, 15) is 4.79 Å². The Kier molecular flexibility index (Phi) is 3.90. The third-order valence-corrected chi connectivity index (χ3v) is 3.88. The highest BCUT2D eigenvalue weighted by molar-refractivity contribution is 9.10. The molecular weight excluding hydrogens is 352 g/mol. The number of hydrogen-bond acceptors (Lipinski definition) is 2. The third-order valence-electron chi connectivity index (χ3n) is 3.01. The number of aliphatic imine (C=N–C) groups is 1. The lowest BCUT2D eigenvalue weighted by Crippen LogP contribution is -2.24. The Labute approximate surface area is 135 Å². The zero-order chi connectivity index (χ0) is 14.8. The Balaban J connectivity index is 1.96. The first-order valence-corrected chi connectivity index (χ1v) is 7.43. The normalized spacial score (nSPS) is 16.0. The molecule has 1 heterocycles. The number of nitrogens with one attached hydrogen (secondary N) is 1. The number of benzene rings is 2.